The van der Waals surface area contributed by atoms with Crippen LogP contribution in [0.5, 0.6) is 0 Å². The Kier molecular flexibility index (Phi) is 4.29. The molecule has 3 nitrogen and oxygen atoms in total. The average Bonchev–Trinajstić information content (AvgIpc) is 3.10. The summed E-state index contributed by atoms with van der Waals surface area (Å²) in [7, 11) is 2.09. The fraction of sp³-hybridized carbons (Fsp3) is 0.278. The van der Waals surface area contributed by atoms with E-state index in [1.807, 2.05) is 17.5 Å². The summed E-state index contributed by atoms with van der Waals surface area (Å²) in [6, 6.07) is 12.4. The monoisotopic (exact) mass is 312 g/mol. The highest BCUT2D eigenvalue weighted by atomic mass is 32.1. The van der Waals surface area contributed by atoms with Gasteiger partial charge in [0.2, 0.25) is 5.91 Å². The molecule has 1 N–H and O–H groups in total. The fourth-order valence-electron chi connectivity index (χ4n) is 2.88. The van der Waals surface area contributed by atoms with Crippen LogP contribution in [0, 0.1) is 6.92 Å². The molecule has 0 radical (unpaired) electrons. The van der Waals surface area contributed by atoms with Gasteiger partial charge in [0, 0.05) is 35.1 Å². The highest BCUT2D eigenvalue weighted by molar-refractivity contribution is 7.10. The van der Waals surface area contributed by atoms with E-state index in [0.29, 0.717) is 13.0 Å². The molecule has 3 rings (SSSR count). The average molecular weight is 312 g/mol. The van der Waals surface area contributed by atoms with Crippen molar-refractivity contribution in [2.24, 2.45) is 7.05 Å². The van der Waals surface area contributed by atoms with Crippen molar-refractivity contribution in [1.82, 2.24) is 9.88 Å². The molecule has 0 saturated carbocycles. The van der Waals surface area contributed by atoms with Crippen LogP contribution in [0.1, 0.15) is 16.1 Å². The lowest BCUT2D eigenvalue weighted by Crippen LogP contribution is -2.27. The lowest BCUT2D eigenvalue weighted by Gasteiger charge is -2.05. The first kappa shape index (κ1) is 14.9. The number of fused-ring (bicyclic) bond motifs is 1. The minimum Gasteiger partial charge on any atom is -0.355 e. The van der Waals surface area contributed by atoms with Gasteiger partial charge in [-0.15, -0.1) is 11.3 Å². The minimum atomic E-state index is 0.0975. The smallest absolute Gasteiger partial charge is 0.225 e. The zero-order chi connectivity index (χ0) is 15.5. The van der Waals surface area contributed by atoms with Gasteiger partial charge in [0.15, 0.2) is 0 Å². The second-order valence-corrected chi connectivity index (χ2v) is 6.53. The molecule has 2 aromatic heterocycles. The normalized spacial score (nSPS) is 11.0. The number of benzene rings is 1. The lowest BCUT2D eigenvalue weighted by atomic mass is 10.1. The molecule has 1 amide bonds. The van der Waals surface area contributed by atoms with Gasteiger partial charge in [-0.2, -0.15) is 0 Å². The zero-order valence-electron chi connectivity index (χ0n) is 12.9. The van der Waals surface area contributed by atoms with Crippen LogP contribution in [0.3, 0.4) is 0 Å². The summed E-state index contributed by atoms with van der Waals surface area (Å²) in [5, 5.41) is 6.32. The molecule has 0 aliphatic rings. The third-order valence-corrected chi connectivity index (χ3v) is 5.02. The predicted octanol–water partition coefficient (Wildman–Crippen LogP) is 3.45. The molecule has 0 aliphatic heterocycles. The van der Waals surface area contributed by atoms with Crippen LogP contribution in [0.4, 0.5) is 0 Å². The van der Waals surface area contributed by atoms with E-state index >= 15 is 0 Å². The Morgan fingerprint density at radius 1 is 1.23 bits per heavy atom. The van der Waals surface area contributed by atoms with E-state index in [0.717, 1.165) is 11.3 Å². The van der Waals surface area contributed by atoms with Crippen LogP contribution in [0.25, 0.3) is 10.9 Å². The number of aromatic nitrogens is 1. The lowest BCUT2D eigenvalue weighted by molar-refractivity contribution is -0.120. The molecule has 0 fully saturated rings. The number of carbonyl (C=O) groups is 1. The number of nitrogens with one attached hydrogen (secondary N) is 1. The summed E-state index contributed by atoms with van der Waals surface area (Å²) >= 11 is 1.62. The zero-order valence-corrected chi connectivity index (χ0v) is 13.7. The Hall–Kier alpha value is -2.07. The van der Waals surface area contributed by atoms with Crippen molar-refractivity contribution in [3.8, 4) is 0 Å². The van der Waals surface area contributed by atoms with E-state index in [1.165, 1.54) is 22.2 Å². The Labute approximate surface area is 134 Å². The molecule has 0 aliphatic carbocycles. The fourth-order valence-corrected chi connectivity index (χ4v) is 3.58. The molecule has 22 heavy (non-hydrogen) atoms. The van der Waals surface area contributed by atoms with E-state index in [-0.39, 0.29) is 5.91 Å². The standard InChI is InChI=1S/C18H20N2OS/c1-13-15(16-7-3-4-8-17(16)20(13)2)9-10-19-18(21)12-14-6-5-11-22-14/h3-8,11H,9-10,12H2,1-2H3,(H,19,21). The van der Waals surface area contributed by atoms with Crippen LogP contribution in [-0.2, 0) is 24.7 Å². The highest BCUT2D eigenvalue weighted by Gasteiger charge is 2.11. The highest BCUT2D eigenvalue weighted by Crippen LogP contribution is 2.24. The number of amides is 1. The van der Waals surface area contributed by atoms with E-state index < -0.39 is 0 Å². The third kappa shape index (κ3) is 2.92. The first-order chi connectivity index (χ1) is 10.7. The van der Waals surface area contributed by atoms with Gasteiger partial charge in [-0.3, -0.25) is 4.79 Å². The van der Waals surface area contributed by atoms with Crippen molar-refractivity contribution in [3.05, 3.63) is 57.9 Å². The van der Waals surface area contributed by atoms with Gasteiger partial charge < -0.3 is 9.88 Å². The van der Waals surface area contributed by atoms with Crippen LogP contribution in [-0.4, -0.2) is 17.0 Å². The molecular formula is C18H20N2OS. The maximum absolute atomic E-state index is 11.9. The van der Waals surface area contributed by atoms with E-state index in [1.54, 1.807) is 11.3 Å². The first-order valence-corrected chi connectivity index (χ1v) is 8.36. The predicted molar refractivity (Wildman–Crippen MR) is 92.4 cm³/mol. The van der Waals surface area contributed by atoms with Crippen molar-refractivity contribution in [2.75, 3.05) is 6.54 Å². The van der Waals surface area contributed by atoms with Crippen LogP contribution in [0.15, 0.2) is 41.8 Å². The maximum Gasteiger partial charge on any atom is 0.225 e. The number of hydrogen-bond acceptors (Lipinski definition) is 2. The van der Waals surface area contributed by atoms with E-state index in [4.69, 9.17) is 0 Å². The number of hydrogen-bond donors (Lipinski definition) is 1. The number of para-hydroxylation sites is 1. The molecule has 0 saturated heterocycles. The molecular weight excluding hydrogens is 292 g/mol. The van der Waals surface area contributed by atoms with Gasteiger partial charge in [-0.1, -0.05) is 24.3 Å². The van der Waals surface area contributed by atoms with Crippen molar-refractivity contribution in [1.29, 1.82) is 0 Å². The molecule has 1 aromatic carbocycles. The van der Waals surface area contributed by atoms with Gasteiger partial charge in [-0.05, 0) is 36.4 Å². The number of aryl methyl sites for hydroxylation is 1. The second kappa shape index (κ2) is 6.36. The topological polar surface area (TPSA) is 34.0 Å². The first-order valence-electron chi connectivity index (χ1n) is 7.49. The van der Waals surface area contributed by atoms with Gasteiger partial charge in [0.05, 0.1) is 6.42 Å². The second-order valence-electron chi connectivity index (χ2n) is 5.50. The minimum absolute atomic E-state index is 0.0975. The summed E-state index contributed by atoms with van der Waals surface area (Å²) in [4.78, 5) is 13.1. The summed E-state index contributed by atoms with van der Waals surface area (Å²) in [5.74, 6) is 0.0975. The molecule has 0 unspecified atom stereocenters. The maximum atomic E-state index is 11.9. The van der Waals surface area contributed by atoms with Crippen molar-refractivity contribution in [3.63, 3.8) is 0 Å². The quantitative estimate of drug-likeness (QED) is 0.769. The third-order valence-electron chi connectivity index (χ3n) is 4.14. The Morgan fingerprint density at radius 3 is 2.82 bits per heavy atom. The summed E-state index contributed by atoms with van der Waals surface area (Å²) in [6.45, 7) is 2.82. The molecule has 0 spiro atoms. The van der Waals surface area contributed by atoms with Gasteiger partial charge in [0.25, 0.3) is 0 Å². The molecule has 4 heteroatoms. The number of rotatable bonds is 5. The molecule has 0 atom stereocenters. The van der Waals surface area contributed by atoms with Crippen LogP contribution in [0.2, 0.25) is 0 Å². The van der Waals surface area contributed by atoms with Crippen LogP contribution >= 0.6 is 11.3 Å². The van der Waals surface area contributed by atoms with Gasteiger partial charge >= 0.3 is 0 Å². The van der Waals surface area contributed by atoms with Crippen molar-refractivity contribution >= 4 is 28.1 Å². The molecule has 2 heterocycles. The summed E-state index contributed by atoms with van der Waals surface area (Å²) < 4.78 is 2.22. The Bertz CT molecular complexity index is 787. The van der Waals surface area contributed by atoms with Crippen molar-refractivity contribution < 1.29 is 4.79 Å². The Balaban J connectivity index is 1.64. The van der Waals surface area contributed by atoms with Crippen molar-refractivity contribution in [2.45, 2.75) is 19.8 Å². The van der Waals surface area contributed by atoms with E-state index in [9.17, 15) is 4.79 Å². The molecule has 3 aromatic rings. The van der Waals surface area contributed by atoms with Gasteiger partial charge in [0.1, 0.15) is 0 Å². The van der Waals surface area contributed by atoms with Crippen LogP contribution < -0.4 is 5.32 Å². The largest absolute Gasteiger partial charge is 0.355 e. The Morgan fingerprint density at radius 2 is 2.05 bits per heavy atom. The summed E-state index contributed by atoms with van der Waals surface area (Å²) in [6.07, 6.45) is 1.34. The number of nitrogens with zero attached hydrogens (tertiary/aromatic N) is 1. The van der Waals surface area contributed by atoms with Gasteiger partial charge in [-0.25, -0.2) is 0 Å². The molecule has 0 bridgehead atoms. The number of thiophene rings is 1. The SMILES string of the molecule is Cc1c(CCNC(=O)Cc2cccs2)c2ccccc2n1C. The van der Waals surface area contributed by atoms with E-state index in [2.05, 4.69) is 48.1 Å². The number of carbonyl (C=O) groups excluding carboxylic acids is 1. The summed E-state index contributed by atoms with van der Waals surface area (Å²) in [5.41, 5.74) is 3.85. The molecule has 114 valence electrons.